The van der Waals surface area contributed by atoms with E-state index >= 15 is 0 Å². The lowest BCUT2D eigenvalue weighted by molar-refractivity contribution is -0.0768. The first-order valence-corrected chi connectivity index (χ1v) is 14.6. The third kappa shape index (κ3) is 5.25. The predicted octanol–water partition coefficient (Wildman–Crippen LogP) is 3.55. The molecule has 5 rings (SSSR count). The van der Waals surface area contributed by atoms with E-state index in [2.05, 4.69) is 4.98 Å². The van der Waals surface area contributed by atoms with E-state index in [-0.39, 0.29) is 13.0 Å². The fourth-order valence-electron chi connectivity index (χ4n) is 5.25. The highest BCUT2D eigenvalue weighted by atomic mass is 32.2. The summed E-state index contributed by atoms with van der Waals surface area (Å²) in [4.78, 5) is 26.7. The van der Waals surface area contributed by atoms with Gasteiger partial charge >= 0.3 is 5.69 Å². The van der Waals surface area contributed by atoms with Gasteiger partial charge in [0.25, 0.3) is 5.56 Å². The molecule has 1 N–H and O–H groups in total. The first-order valence-electron chi connectivity index (χ1n) is 12.7. The average molecular weight is 547 g/mol. The van der Waals surface area contributed by atoms with Gasteiger partial charge in [0.1, 0.15) is 17.9 Å². The van der Waals surface area contributed by atoms with E-state index in [1.54, 1.807) is 6.92 Å². The second kappa shape index (κ2) is 10.8. The summed E-state index contributed by atoms with van der Waals surface area (Å²) < 4.78 is 40.0. The zero-order valence-corrected chi connectivity index (χ0v) is 22.5. The maximum Gasteiger partial charge on any atom is 0.330 e. The number of aromatic nitrogens is 2. The van der Waals surface area contributed by atoms with Crippen molar-refractivity contribution in [3.63, 3.8) is 0 Å². The molecule has 1 fully saturated rings. The van der Waals surface area contributed by atoms with E-state index in [0.29, 0.717) is 5.56 Å². The molecule has 8 nitrogen and oxygen atoms in total. The third-order valence-electron chi connectivity index (χ3n) is 7.19. The van der Waals surface area contributed by atoms with Crippen LogP contribution in [-0.2, 0) is 24.9 Å². The van der Waals surface area contributed by atoms with Crippen LogP contribution in [-0.4, -0.2) is 42.2 Å². The molecule has 39 heavy (non-hydrogen) atoms. The van der Waals surface area contributed by atoms with Crippen LogP contribution in [0.15, 0.2) is 107 Å². The van der Waals surface area contributed by atoms with Crippen LogP contribution in [0.5, 0.6) is 0 Å². The summed E-state index contributed by atoms with van der Waals surface area (Å²) >= 11 is 0. The highest BCUT2D eigenvalue weighted by Gasteiger charge is 2.45. The number of ether oxygens (including phenoxy) is 2. The van der Waals surface area contributed by atoms with E-state index in [0.717, 1.165) is 22.9 Å². The molecular formula is C30H30N2O6S. The van der Waals surface area contributed by atoms with Gasteiger partial charge in [0, 0.05) is 24.4 Å². The lowest BCUT2D eigenvalue weighted by atomic mass is 9.80. The molecule has 0 aliphatic carbocycles. The number of hydrogen-bond donors (Lipinski definition) is 1. The molecule has 3 aromatic carbocycles. The Morgan fingerprint density at radius 3 is 1.85 bits per heavy atom. The minimum absolute atomic E-state index is 0.0489. The fraction of sp³-hybridized carbons (Fsp3) is 0.267. The van der Waals surface area contributed by atoms with Crippen LogP contribution in [0.25, 0.3) is 0 Å². The summed E-state index contributed by atoms with van der Waals surface area (Å²) in [6, 6.07) is 29.3. The normalized spacial score (nSPS) is 19.7. The summed E-state index contributed by atoms with van der Waals surface area (Å²) in [5.41, 5.74) is 0.744. The lowest BCUT2D eigenvalue weighted by Crippen LogP contribution is -2.39. The molecule has 0 amide bonds. The molecule has 0 bridgehead atoms. The largest absolute Gasteiger partial charge is 0.358 e. The molecule has 0 radical (unpaired) electrons. The summed E-state index contributed by atoms with van der Waals surface area (Å²) in [6.07, 6.45) is 0.876. The molecule has 0 unspecified atom stereocenters. The van der Waals surface area contributed by atoms with Crippen molar-refractivity contribution in [2.45, 2.75) is 36.5 Å². The number of rotatable bonds is 8. The van der Waals surface area contributed by atoms with Crippen molar-refractivity contribution < 1.29 is 17.9 Å². The molecule has 1 aliphatic heterocycles. The molecular weight excluding hydrogens is 516 g/mol. The maximum atomic E-state index is 12.9. The quantitative estimate of drug-likeness (QED) is 0.339. The van der Waals surface area contributed by atoms with Crippen molar-refractivity contribution in [1.29, 1.82) is 0 Å². The zero-order chi connectivity index (χ0) is 27.6. The number of aryl methyl sites for hydroxylation is 1. The topological polar surface area (TPSA) is 107 Å². The number of H-pyrrole nitrogens is 1. The lowest BCUT2D eigenvalue weighted by Gasteiger charge is -2.37. The molecule has 4 aromatic rings. The Morgan fingerprint density at radius 2 is 1.38 bits per heavy atom. The predicted molar refractivity (Wildman–Crippen MR) is 148 cm³/mol. The number of benzene rings is 3. The summed E-state index contributed by atoms with van der Waals surface area (Å²) in [6.45, 7) is 1.51. The Morgan fingerprint density at radius 1 is 0.897 bits per heavy atom. The third-order valence-corrected chi connectivity index (χ3v) is 8.79. The van der Waals surface area contributed by atoms with Gasteiger partial charge in [0.05, 0.1) is 11.9 Å². The van der Waals surface area contributed by atoms with Gasteiger partial charge < -0.3 is 9.47 Å². The van der Waals surface area contributed by atoms with E-state index in [1.165, 1.54) is 10.8 Å². The molecule has 1 saturated heterocycles. The average Bonchev–Trinajstić information content (AvgIpc) is 3.38. The molecule has 2 heterocycles. The molecule has 0 spiro atoms. The molecule has 9 heteroatoms. The first-order chi connectivity index (χ1) is 18.7. The summed E-state index contributed by atoms with van der Waals surface area (Å²) in [5.74, 6) is 0. The van der Waals surface area contributed by atoms with Gasteiger partial charge in [-0.2, -0.15) is 0 Å². The maximum absolute atomic E-state index is 12.9. The van der Waals surface area contributed by atoms with Crippen molar-refractivity contribution in [2.75, 3.05) is 12.9 Å². The summed E-state index contributed by atoms with van der Waals surface area (Å²) in [5, 5.41) is -0.915. The molecule has 3 atom stereocenters. The summed E-state index contributed by atoms with van der Waals surface area (Å²) in [7, 11) is -3.58. The minimum atomic E-state index is -3.58. The Labute approximate surface area is 226 Å². The van der Waals surface area contributed by atoms with Gasteiger partial charge in [-0.1, -0.05) is 91.0 Å². The van der Waals surface area contributed by atoms with E-state index in [4.69, 9.17) is 9.47 Å². The van der Waals surface area contributed by atoms with E-state index in [1.807, 2.05) is 91.0 Å². The number of aromatic amines is 1. The Balaban J connectivity index is 1.57. The monoisotopic (exact) mass is 546 g/mol. The fourth-order valence-corrected chi connectivity index (χ4v) is 6.46. The zero-order valence-electron chi connectivity index (χ0n) is 21.7. The van der Waals surface area contributed by atoms with Crippen LogP contribution in [0.2, 0.25) is 0 Å². The van der Waals surface area contributed by atoms with Crippen LogP contribution < -0.4 is 11.2 Å². The smallest absolute Gasteiger partial charge is 0.330 e. The van der Waals surface area contributed by atoms with Crippen LogP contribution in [0.1, 0.15) is 34.9 Å². The van der Waals surface area contributed by atoms with Crippen molar-refractivity contribution in [3.05, 3.63) is 140 Å². The van der Waals surface area contributed by atoms with Gasteiger partial charge in [-0.25, -0.2) is 13.2 Å². The van der Waals surface area contributed by atoms with E-state index in [9.17, 15) is 18.0 Å². The van der Waals surface area contributed by atoms with Crippen LogP contribution in [0.4, 0.5) is 0 Å². The second-order valence-electron chi connectivity index (χ2n) is 9.80. The SMILES string of the molecule is Cc1cn([C@H]2C[C@H](S(C)(=O)=O)[C@@H](COC(c3ccccc3)(c3ccccc3)c3ccccc3)O2)c(=O)[nH]c1=O. The standard InChI is InChI=1S/C30H30N2O6S/c1-21-19-32(29(34)31-28(21)33)27-18-26(39(2,35)36)25(38-27)20-37-30(22-12-6-3-7-13-22,23-14-8-4-9-15-23)24-16-10-5-11-17-24/h3-17,19,25-27H,18,20H2,1-2H3,(H,31,33,34)/t25-,26+,27-/m1/s1. The van der Waals surface area contributed by atoms with Gasteiger partial charge in [-0.3, -0.25) is 14.3 Å². The van der Waals surface area contributed by atoms with Crippen molar-refractivity contribution >= 4 is 9.84 Å². The molecule has 1 aromatic heterocycles. The van der Waals surface area contributed by atoms with Crippen LogP contribution in [0, 0.1) is 6.92 Å². The number of sulfone groups is 1. The van der Waals surface area contributed by atoms with Crippen molar-refractivity contribution in [1.82, 2.24) is 9.55 Å². The van der Waals surface area contributed by atoms with E-state index < -0.39 is 44.3 Å². The second-order valence-corrected chi connectivity index (χ2v) is 12.1. The number of nitrogens with zero attached hydrogens (tertiary/aromatic N) is 1. The molecule has 1 aliphatic rings. The van der Waals surface area contributed by atoms with Crippen molar-refractivity contribution in [2.24, 2.45) is 0 Å². The highest BCUT2D eigenvalue weighted by molar-refractivity contribution is 7.91. The number of nitrogens with one attached hydrogen (secondary N) is 1. The van der Waals surface area contributed by atoms with Gasteiger partial charge in [-0.15, -0.1) is 0 Å². The van der Waals surface area contributed by atoms with Gasteiger partial charge in [0.15, 0.2) is 9.84 Å². The Bertz CT molecular complexity index is 1550. The van der Waals surface area contributed by atoms with Gasteiger partial charge in [0.2, 0.25) is 0 Å². The first kappa shape index (κ1) is 26.8. The van der Waals surface area contributed by atoms with Gasteiger partial charge in [-0.05, 0) is 23.6 Å². The van der Waals surface area contributed by atoms with Crippen LogP contribution >= 0.6 is 0 Å². The molecule has 202 valence electrons. The van der Waals surface area contributed by atoms with Crippen molar-refractivity contribution in [3.8, 4) is 0 Å². The highest BCUT2D eigenvalue weighted by Crippen LogP contribution is 2.42. The Hall–Kier alpha value is -3.79. The molecule has 0 saturated carbocycles. The van der Waals surface area contributed by atoms with Crippen LogP contribution in [0.3, 0.4) is 0 Å². The minimum Gasteiger partial charge on any atom is -0.358 e. The Kier molecular flexibility index (Phi) is 7.40. The number of hydrogen-bond acceptors (Lipinski definition) is 6.